The SMILES string of the molecule is CC(C)(C)OC(=O)C[C@@H](CCCC1CCCCC1)c1nc(C(=O)N2CCC(c3ccncc3)CC2)no1. The van der Waals surface area contributed by atoms with Crippen LogP contribution in [0.3, 0.4) is 0 Å². The Hall–Kier alpha value is -2.77. The van der Waals surface area contributed by atoms with Gasteiger partial charge in [0.25, 0.3) is 11.7 Å². The average Bonchev–Trinajstić information content (AvgIpc) is 3.38. The molecule has 1 saturated carbocycles. The maximum Gasteiger partial charge on any atom is 0.307 e. The standard InChI is InChI=1S/C29H42N4O4/c1-29(2,3)36-25(34)20-24(11-7-10-21-8-5-4-6-9-21)27-31-26(32-37-27)28(35)33-18-14-23(15-19-33)22-12-16-30-17-13-22/h12-13,16-17,21,23-24H,4-11,14-15,18-20H2,1-3H3/t24-/m1/s1. The molecule has 8 heteroatoms. The predicted octanol–water partition coefficient (Wildman–Crippen LogP) is 6.05. The lowest BCUT2D eigenvalue weighted by molar-refractivity contribution is -0.155. The van der Waals surface area contributed by atoms with E-state index in [-0.39, 0.29) is 30.0 Å². The van der Waals surface area contributed by atoms with Crippen molar-refractivity contribution in [3.05, 3.63) is 41.8 Å². The summed E-state index contributed by atoms with van der Waals surface area (Å²) in [5.74, 6) is 0.912. The molecule has 0 aromatic carbocycles. The summed E-state index contributed by atoms with van der Waals surface area (Å²) in [5, 5.41) is 4.03. The molecule has 37 heavy (non-hydrogen) atoms. The van der Waals surface area contributed by atoms with Crippen LogP contribution in [-0.4, -0.2) is 50.6 Å². The fourth-order valence-corrected chi connectivity index (χ4v) is 5.71. The Morgan fingerprint density at radius 3 is 2.46 bits per heavy atom. The second kappa shape index (κ2) is 12.7. The van der Waals surface area contributed by atoms with Crippen molar-refractivity contribution in [1.82, 2.24) is 20.0 Å². The zero-order valence-electron chi connectivity index (χ0n) is 22.7. The summed E-state index contributed by atoms with van der Waals surface area (Å²) < 4.78 is 11.2. The summed E-state index contributed by atoms with van der Waals surface area (Å²) in [4.78, 5) is 36.2. The van der Waals surface area contributed by atoms with Gasteiger partial charge in [-0.25, -0.2) is 0 Å². The number of hydrogen-bond donors (Lipinski definition) is 0. The number of aromatic nitrogens is 3. The van der Waals surface area contributed by atoms with Crippen molar-refractivity contribution < 1.29 is 18.8 Å². The number of carbonyl (C=O) groups is 2. The lowest BCUT2D eigenvalue weighted by Crippen LogP contribution is -2.38. The predicted molar refractivity (Wildman–Crippen MR) is 140 cm³/mol. The number of ether oxygens (including phenoxy) is 1. The van der Waals surface area contributed by atoms with E-state index in [1.165, 1.54) is 37.7 Å². The number of nitrogens with zero attached hydrogens (tertiary/aromatic N) is 4. The van der Waals surface area contributed by atoms with E-state index in [4.69, 9.17) is 9.26 Å². The quantitative estimate of drug-likeness (QED) is 0.379. The van der Waals surface area contributed by atoms with Gasteiger partial charge < -0.3 is 14.2 Å². The first-order valence-electron chi connectivity index (χ1n) is 14.0. The minimum atomic E-state index is -0.553. The van der Waals surface area contributed by atoms with Gasteiger partial charge in [0, 0.05) is 31.4 Å². The topological polar surface area (TPSA) is 98.4 Å². The van der Waals surface area contributed by atoms with Crippen LogP contribution in [-0.2, 0) is 9.53 Å². The zero-order chi connectivity index (χ0) is 26.3. The van der Waals surface area contributed by atoms with Crippen LogP contribution in [0.25, 0.3) is 0 Å². The van der Waals surface area contributed by atoms with Gasteiger partial charge in [-0.1, -0.05) is 50.1 Å². The van der Waals surface area contributed by atoms with E-state index >= 15 is 0 Å². The van der Waals surface area contributed by atoms with Gasteiger partial charge in [0.2, 0.25) is 5.89 Å². The lowest BCUT2D eigenvalue weighted by atomic mass is 9.84. The Morgan fingerprint density at radius 2 is 1.78 bits per heavy atom. The van der Waals surface area contributed by atoms with Gasteiger partial charge in [0.05, 0.1) is 6.42 Å². The van der Waals surface area contributed by atoms with Gasteiger partial charge in [-0.3, -0.25) is 14.6 Å². The molecule has 8 nitrogen and oxygen atoms in total. The number of hydrogen-bond acceptors (Lipinski definition) is 7. The first-order chi connectivity index (χ1) is 17.8. The Balaban J connectivity index is 1.36. The van der Waals surface area contributed by atoms with E-state index in [1.807, 2.05) is 45.3 Å². The van der Waals surface area contributed by atoms with Gasteiger partial charge in [0.15, 0.2) is 0 Å². The molecule has 1 saturated heterocycles. The molecule has 3 heterocycles. The highest BCUT2D eigenvalue weighted by Crippen LogP contribution is 2.32. The summed E-state index contributed by atoms with van der Waals surface area (Å²) >= 11 is 0. The average molecular weight is 511 g/mol. The Kier molecular flexibility index (Phi) is 9.33. The zero-order valence-corrected chi connectivity index (χ0v) is 22.7. The maximum absolute atomic E-state index is 13.1. The molecule has 202 valence electrons. The van der Waals surface area contributed by atoms with Crippen molar-refractivity contribution in [3.8, 4) is 0 Å². The molecule has 0 radical (unpaired) electrons. The summed E-state index contributed by atoms with van der Waals surface area (Å²) in [7, 11) is 0. The van der Waals surface area contributed by atoms with Crippen LogP contribution < -0.4 is 0 Å². The molecule has 2 aromatic rings. The van der Waals surface area contributed by atoms with E-state index < -0.39 is 5.60 Å². The van der Waals surface area contributed by atoms with Gasteiger partial charge in [0.1, 0.15) is 5.60 Å². The molecule has 0 bridgehead atoms. The number of pyridine rings is 1. The number of amides is 1. The molecule has 1 atom stereocenters. The molecule has 0 spiro atoms. The third kappa shape index (κ3) is 8.11. The van der Waals surface area contributed by atoms with Crippen LogP contribution in [0.2, 0.25) is 0 Å². The molecule has 1 aliphatic heterocycles. The van der Waals surface area contributed by atoms with Crippen LogP contribution in [0.15, 0.2) is 29.0 Å². The highest BCUT2D eigenvalue weighted by atomic mass is 16.6. The Bertz CT molecular complexity index is 1000. The molecular weight excluding hydrogens is 468 g/mol. The number of esters is 1. The van der Waals surface area contributed by atoms with E-state index in [0.29, 0.717) is 24.9 Å². The molecule has 1 amide bonds. The fourth-order valence-electron chi connectivity index (χ4n) is 5.71. The maximum atomic E-state index is 13.1. The monoisotopic (exact) mass is 510 g/mol. The number of carbonyl (C=O) groups excluding carboxylic acids is 2. The third-order valence-electron chi connectivity index (χ3n) is 7.66. The highest BCUT2D eigenvalue weighted by molar-refractivity contribution is 5.90. The summed E-state index contributed by atoms with van der Waals surface area (Å²) in [6.07, 6.45) is 15.1. The van der Waals surface area contributed by atoms with Crippen LogP contribution in [0.1, 0.15) is 125 Å². The first-order valence-corrected chi connectivity index (χ1v) is 14.0. The summed E-state index contributed by atoms with van der Waals surface area (Å²) in [6, 6.07) is 4.10. The molecule has 0 unspecified atom stereocenters. The summed E-state index contributed by atoms with van der Waals surface area (Å²) in [6.45, 7) is 6.90. The van der Waals surface area contributed by atoms with Crippen LogP contribution in [0.5, 0.6) is 0 Å². The molecule has 2 fully saturated rings. The second-order valence-electron chi connectivity index (χ2n) is 11.7. The normalized spacial score (nSPS) is 18.5. The minimum absolute atomic E-state index is 0.0823. The van der Waals surface area contributed by atoms with E-state index in [0.717, 1.165) is 38.0 Å². The fraction of sp³-hybridized carbons (Fsp3) is 0.690. The van der Waals surface area contributed by atoms with Crippen molar-refractivity contribution >= 4 is 11.9 Å². The molecule has 0 N–H and O–H groups in total. The van der Waals surface area contributed by atoms with Gasteiger partial charge in [-0.2, -0.15) is 4.98 Å². The van der Waals surface area contributed by atoms with E-state index in [1.54, 1.807) is 4.90 Å². The Morgan fingerprint density at radius 1 is 1.08 bits per heavy atom. The smallest absolute Gasteiger partial charge is 0.307 e. The highest BCUT2D eigenvalue weighted by Gasteiger charge is 2.30. The second-order valence-corrected chi connectivity index (χ2v) is 11.7. The van der Waals surface area contributed by atoms with E-state index in [2.05, 4.69) is 15.1 Å². The molecule has 2 aliphatic rings. The van der Waals surface area contributed by atoms with Gasteiger partial charge >= 0.3 is 5.97 Å². The minimum Gasteiger partial charge on any atom is -0.460 e. The van der Waals surface area contributed by atoms with E-state index in [9.17, 15) is 9.59 Å². The summed E-state index contributed by atoms with van der Waals surface area (Å²) in [5.41, 5.74) is 0.712. The van der Waals surface area contributed by atoms with Crippen molar-refractivity contribution in [2.75, 3.05) is 13.1 Å². The number of likely N-dealkylation sites (tertiary alicyclic amines) is 1. The van der Waals surface area contributed by atoms with Crippen molar-refractivity contribution in [2.45, 2.75) is 109 Å². The van der Waals surface area contributed by atoms with Gasteiger partial charge in [-0.05, 0) is 69.6 Å². The lowest BCUT2D eigenvalue weighted by Gasteiger charge is -2.31. The molecule has 4 rings (SSSR count). The molecule has 1 aliphatic carbocycles. The van der Waals surface area contributed by atoms with Crippen molar-refractivity contribution in [2.24, 2.45) is 5.92 Å². The van der Waals surface area contributed by atoms with Crippen LogP contribution in [0.4, 0.5) is 0 Å². The number of rotatable bonds is 9. The third-order valence-corrected chi connectivity index (χ3v) is 7.66. The van der Waals surface area contributed by atoms with Gasteiger partial charge in [-0.15, -0.1) is 0 Å². The van der Waals surface area contributed by atoms with Crippen molar-refractivity contribution in [1.29, 1.82) is 0 Å². The molecular formula is C29H42N4O4. The number of piperidine rings is 1. The largest absolute Gasteiger partial charge is 0.460 e. The molecule has 2 aromatic heterocycles. The van der Waals surface area contributed by atoms with Crippen LogP contribution >= 0.6 is 0 Å². The Labute approximate surface area is 220 Å². The van der Waals surface area contributed by atoms with Crippen molar-refractivity contribution in [3.63, 3.8) is 0 Å². The van der Waals surface area contributed by atoms with Crippen LogP contribution in [0, 0.1) is 5.92 Å². The first kappa shape index (κ1) is 27.3.